The van der Waals surface area contributed by atoms with Crippen LogP contribution in [0.5, 0.6) is 5.75 Å². The van der Waals surface area contributed by atoms with Crippen LogP contribution >= 0.6 is 0 Å². The Labute approximate surface area is 114 Å². The summed E-state index contributed by atoms with van der Waals surface area (Å²) in [5.41, 5.74) is 0.831. The largest absolute Gasteiger partial charge is 0.497 e. The standard InChI is InChI=1S/C12H12N6O2/c1-8-13-11(20-16-8)7-18-15-12(14-17-18)9-4-3-5-10(6-9)19-2/h3-6H,7H2,1-2H3. The zero-order chi connectivity index (χ0) is 13.9. The summed E-state index contributed by atoms with van der Waals surface area (Å²) in [5, 5.41) is 15.9. The molecule has 0 aliphatic carbocycles. The monoisotopic (exact) mass is 272 g/mol. The van der Waals surface area contributed by atoms with Crippen LogP contribution in [0.1, 0.15) is 11.7 Å². The Morgan fingerprint density at radius 3 is 3.00 bits per heavy atom. The first kappa shape index (κ1) is 12.3. The van der Waals surface area contributed by atoms with Crippen LogP contribution in [-0.4, -0.2) is 37.5 Å². The lowest BCUT2D eigenvalue weighted by atomic mass is 10.2. The third kappa shape index (κ3) is 2.48. The molecule has 0 fully saturated rings. The van der Waals surface area contributed by atoms with Crippen LogP contribution < -0.4 is 4.74 Å². The fourth-order valence-electron chi connectivity index (χ4n) is 1.71. The molecule has 0 saturated carbocycles. The van der Waals surface area contributed by atoms with Gasteiger partial charge in [0.15, 0.2) is 5.82 Å². The molecule has 0 radical (unpaired) electrons. The molecule has 3 aromatic rings. The average molecular weight is 272 g/mol. The number of methoxy groups -OCH3 is 1. The summed E-state index contributed by atoms with van der Waals surface area (Å²) in [6, 6.07) is 7.46. The molecule has 8 nitrogen and oxygen atoms in total. The van der Waals surface area contributed by atoms with Crippen LogP contribution in [0.4, 0.5) is 0 Å². The van der Waals surface area contributed by atoms with Gasteiger partial charge in [-0.25, -0.2) is 0 Å². The summed E-state index contributed by atoms with van der Waals surface area (Å²) in [7, 11) is 1.61. The van der Waals surface area contributed by atoms with E-state index in [4.69, 9.17) is 9.26 Å². The van der Waals surface area contributed by atoms with Crippen LogP contribution in [-0.2, 0) is 6.54 Å². The quantitative estimate of drug-likeness (QED) is 0.701. The Hall–Kier alpha value is -2.77. The second kappa shape index (κ2) is 5.08. The van der Waals surface area contributed by atoms with E-state index in [1.54, 1.807) is 14.0 Å². The predicted molar refractivity (Wildman–Crippen MR) is 67.9 cm³/mol. The summed E-state index contributed by atoms with van der Waals surface area (Å²) in [4.78, 5) is 5.49. The zero-order valence-electron chi connectivity index (χ0n) is 11.0. The van der Waals surface area contributed by atoms with Gasteiger partial charge in [0.25, 0.3) is 0 Å². The molecule has 2 aromatic heterocycles. The fraction of sp³-hybridized carbons (Fsp3) is 0.250. The molecule has 20 heavy (non-hydrogen) atoms. The van der Waals surface area contributed by atoms with Gasteiger partial charge in [-0.05, 0) is 24.3 Å². The van der Waals surface area contributed by atoms with Gasteiger partial charge in [-0.15, -0.1) is 10.2 Å². The predicted octanol–water partition coefficient (Wildman–Crippen LogP) is 1.09. The second-order valence-electron chi connectivity index (χ2n) is 4.11. The van der Waals surface area contributed by atoms with Gasteiger partial charge in [0.05, 0.1) is 7.11 Å². The highest BCUT2D eigenvalue weighted by Crippen LogP contribution is 2.19. The lowest BCUT2D eigenvalue weighted by Gasteiger charge is -1.99. The van der Waals surface area contributed by atoms with Crippen LogP contribution in [0.2, 0.25) is 0 Å². The van der Waals surface area contributed by atoms with Gasteiger partial charge in [0.1, 0.15) is 12.3 Å². The molecular weight excluding hydrogens is 260 g/mol. The average Bonchev–Trinajstić information content (AvgIpc) is 3.09. The lowest BCUT2D eigenvalue weighted by molar-refractivity contribution is 0.353. The van der Waals surface area contributed by atoms with Crippen molar-refractivity contribution in [2.45, 2.75) is 13.5 Å². The number of nitrogens with zero attached hydrogens (tertiary/aromatic N) is 6. The molecule has 0 spiro atoms. The Balaban J connectivity index is 1.82. The highest BCUT2D eigenvalue weighted by Gasteiger charge is 2.10. The van der Waals surface area contributed by atoms with E-state index in [9.17, 15) is 0 Å². The van der Waals surface area contributed by atoms with E-state index in [0.717, 1.165) is 11.3 Å². The summed E-state index contributed by atoms with van der Waals surface area (Å²) in [6.07, 6.45) is 0. The molecule has 0 amide bonds. The van der Waals surface area contributed by atoms with E-state index < -0.39 is 0 Å². The SMILES string of the molecule is COc1cccc(-c2nnn(Cc3nc(C)no3)n2)c1. The third-order valence-corrected chi connectivity index (χ3v) is 2.63. The van der Waals surface area contributed by atoms with E-state index in [1.165, 1.54) is 4.80 Å². The van der Waals surface area contributed by atoms with Crippen molar-refractivity contribution in [1.82, 2.24) is 30.3 Å². The number of hydrogen-bond acceptors (Lipinski definition) is 7. The number of aromatic nitrogens is 6. The van der Waals surface area contributed by atoms with E-state index in [1.807, 2.05) is 24.3 Å². The van der Waals surface area contributed by atoms with Gasteiger partial charge in [-0.2, -0.15) is 9.78 Å². The number of aryl methyl sites for hydroxylation is 1. The summed E-state index contributed by atoms with van der Waals surface area (Å²) in [5.74, 6) is 2.27. The Morgan fingerprint density at radius 2 is 2.25 bits per heavy atom. The van der Waals surface area contributed by atoms with Gasteiger partial charge in [-0.3, -0.25) is 0 Å². The van der Waals surface area contributed by atoms with Crippen LogP contribution in [0.25, 0.3) is 11.4 Å². The molecule has 0 saturated heterocycles. The number of rotatable bonds is 4. The van der Waals surface area contributed by atoms with Crippen molar-refractivity contribution in [1.29, 1.82) is 0 Å². The summed E-state index contributed by atoms with van der Waals surface area (Å²) in [6.45, 7) is 2.04. The number of ether oxygens (including phenoxy) is 1. The summed E-state index contributed by atoms with van der Waals surface area (Å²) >= 11 is 0. The maximum atomic E-state index is 5.17. The van der Waals surface area contributed by atoms with Crippen molar-refractivity contribution in [2.24, 2.45) is 0 Å². The molecule has 1 aromatic carbocycles. The van der Waals surface area contributed by atoms with Crippen molar-refractivity contribution in [3.05, 3.63) is 36.0 Å². The highest BCUT2D eigenvalue weighted by atomic mass is 16.5. The molecule has 8 heteroatoms. The lowest BCUT2D eigenvalue weighted by Crippen LogP contribution is -2.04. The molecule has 2 heterocycles. The van der Waals surface area contributed by atoms with E-state index in [0.29, 0.717) is 17.5 Å². The molecule has 0 N–H and O–H groups in total. The van der Waals surface area contributed by atoms with Crippen LogP contribution in [0.3, 0.4) is 0 Å². The van der Waals surface area contributed by atoms with Crippen LogP contribution in [0, 0.1) is 6.92 Å². The first-order valence-electron chi connectivity index (χ1n) is 5.96. The Morgan fingerprint density at radius 1 is 1.35 bits per heavy atom. The normalized spacial score (nSPS) is 10.7. The number of hydrogen-bond donors (Lipinski definition) is 0. The van der Waals surface area contributed by atoms with Crippen molar-refractivity contribution in [2.75, 3.05) is 7.11 Å². The number of tetrazole rings is 1. The molecule has 102 valence electrons. The third-order valence-electron chi connectivity index (χ3n) is 2.63. The van der Waals surface area contributed by atoms with E-state index in [-0.39, 0.29) is 6.54 Å². The zero-order valence-corrected chi connectivity index (χ0v) is 11.0. The molecule has 0 atom stereocenters. The smallest absolute Gasteiger partial charge is 0.250 e. The first-order chi connectivity index (χ1) is 9.74. The maximum Gasteiger partial charge on any atom is 0.250 e. The number of benzene rings is 1. The molecule has 0 unspecified atom stereocenters. The minimum atomic E-state index is 0.289. The van der Waals surface area contributed by atoms with Crippen LogP contribution in [0.15, 0.2) is 28.8 Å². The summed E-state index contributed by atoms with van der Waals surface area (Å²) < 4.78 is 10.2. The minimum Gasteiger partial charge on any atom is -0.497 e. The van der Waals surface area contributed by atoms with Crippen molar-refractivity contribution < 1.29 is 9.26 Å². The van der Waals surface area contributed by atoms with E-state index in [2.05, 4.69) is 25.6 Å². The van der Waals surface area contributed by atoms with Crippen molar-refractivity contribution in [3.63, 3.8) is 0 Å². The van der Waals surface area contributed by atoms with Gasteiger partial charge < -0.3 is 9.26 Å². The highest BCUT2D eigenvalue weighted by molar-refractivity contribution is 5.56. The van der Waals surface area contributed by atoms with E-state index >= 15 is 0 Å². The van der Waals surface area contributed by atoms with Gasteiger partial charge in [0, 0.05) is 5.56 Å². The molecule has 3 rings (SSSR count). The van der Waals surface area contributed by atoms with Gasteiger partial charge >= 0.3 is 0 Å². The Bertz CT molecular complexity index is 720. The second-order valence-corrected chi connectivity index (χ2v) is 4.11. The Kier molecular flexibility index (Phi) is 3.12. The van der Waals surface area contributed by atoms with Gasteiger partial charge in [0.2, 0.25) is 11.7 Å². The van der Waals surface area contributed by atoms with Crippen molar-refractivity contribution in [3.8, 4) is 17.1 Å². The van der Waals surface area contributed by atoms with Gasteiger partial charge in [-0.1, -0.05) is 17.3 Å². The topological polar surface area (TPSA) is 91.8 Å². The first-order valence-corrected chi connectivity index (χ1v) is 5.96. The molecule has 0 bridgehead atoms. The van der Waals surface area contributed by atoms with Crippen molar-refractivity contribution >= 4 is 0 Å². The maximum absolute atomic E-state index is 5.17. The molecule has 0 aliphatic heterocycles. The molecule has 0 aliphatic rings. The minimum absolute atomic E-state index is 0.289. The fourth-order valence-corrected chi connectivity index (χ4v) is 1.71. The molecular formula is C12H12N6O2.